The van der Waals surface area contributed by atoms with Crippen molar-refractivity contribution in [3.05, 3.63) is 21.7 Å². The molecular weight excluding hydrogens is 238 g/mol. The van der Waals surface area contributed by atoms with Crippen molar-refractivity contribution in [3.63, 3.8) is 0 Å². The second-order valence-corrected chi connectivity index (χ2v) is 6.06. The fourth-order valence-corrected chi connectivity index (χ4v) is 3.89. The van der Waals surface area contributed by atoms with Crippen LogP contribution >= 0.6 is 11.6 Å². The van der Waals surface area contributed by atoms with Crippen molar-refractivity contribution >= 4 is 17.4 Å². The molecule has 5 heteroatoms. The van der Waals surface area contributed by atoms with Crippen LogP contribution in [0.5, 0.6) is 0 Å². The van der Waals surface area contributed by atoms with Crippen LogP contribution in [-0.2, 0) is 6.54 Å². The summed E-state index contributed by atoms with van der Waals surface area (Å²) in [5.74, 6) is 0.976. The fourth-order valence-electron chi connectivity index (χ4n) is 3.72. The predicted molar refractivity (Wildman–Crippen MR) is 65.5 cm³/mol. The molecule has 1 saturated heterocycles. The second kappa shape index (κ2) is 3.05. The van der Waals surface area contributed by atoms with E-state index in [1.54, 1.807) is 4.57 Å². The van der Waals surface area contributed by atoms with Crippen LogP contribution < -0.4 is 10.6 Å². The molecule has 4 rings (SSSR count). The molecule has 2 aliphatic heterocycles. The van der Waals surface area contributed by atoms with Gasteiger partial charge in [-0.3, -0.25) is 4.57 Å². The third kappa shape index (κ3) is 1.25. The Balaban J connectivity index is 1.78. The Bertz CT molecular complexity index is 549. The first-order chi connectivity index (χ1) is 8.17. The van der Waals surface area contributed by atoms with Crippen LogP contribution in [0.3, 0.4) is 0 Å². The molecule has 17 heavy (non-hydrogen) atoms. The summed E-state index contributed by atoms with van der Waals surface area (Å²) in [7, 11) is 0. The van der Waals surface area contributed by atoms with E-state index in [1.165, 1.54) is 25.7 Å². The summed E-state index contributed by atoms with van der Waals surface area (Å²) in [5.41, 5.74) is 0.339. The van der Waals surface area contributed by atoms with Gasteiger partial charge in [-0.1, -0.05) is 18.0 Å². The van der Waals surface area contributed by atoms with Gasteiger partial charge in [-0.25, -0.2) is 4.79 Å². The van der Waals surface area contributed by atoms with Gasteiger partial charge >= 0.3 is 5.69 Å². The van der Waals surface area contributed by atoms with E-state index in [4.69, 9.17) is 11.6 Å². The molecule has 4 nitrogen and oxygen atoms in total. The second-order valence-electron chi connectivity index (χ2n) is 5.67. The maximum Gasteiger partial charge on any atom is 0.350 e. The zero-order chi connectivity index (χ0) is 11.6. The number of halogens is 1. The van der Waals surface area contributed by atoms with Gasteiger partial charge in [0.05, 0.1) is 0 Å². The zero-order valence-electron chi connectivity index (χ0n) is 9.53. The number of aromatic nitrogens is 2. The molecule has 90 valence electrons. The van der Waals surface area contributed by atoms with Crippen LogP contribution in [0.2, 0.25) is 5.15 Å². The van der Waals surface area contributed by atoms with E-state index in [0.29, 0.717) is 16.6 Å². The fraction of sp³-hybridized carbons (Fsp3) is 0.667. The highest BCUT2D eigenvalue weighted by molar-refractivity contribution is 6.29. The lowest BCUT2D eigenvalue weighted by molar-refractivity contribution is 0.157. The van der Waals surface area contributed by atoms with E-state index in [2.05, 4.69) is 9.88 Å². The predicted octanol–water partition coefficient (Wildman–Crippen LogP) is 1.66. The van der Waals surface area contributed by atoms with E-state index in [9.17, 15) is 4.79 Å². The molecule has 0 N–H and O–H groups in total. The number of fused-ring (bicyclic) bond motifs is 3. The molecule has 1 atom stereocenters. The Labute approximate surface area is 104 Å². The van der Waals surface area contributed by atoms with Gasteiger partial charge in [-0.2, -0.15) is 4.98 Å². The van der Waals surface area contributed by atoms with E-state index in [1.807, 2.05) is 6.07 Å². The van der Waals surface area contributed by atoms with Gasteiger partial charge in [0.25, 0.3) is 0 Å². The molecule has 1 saturated carbocycles. The number of anilines is 1. The normalized spacial score (nSPS) is 28.1. The number of hydrogen-bond donors (Lipinski definition) is 0. The monoisotopic (exact) mass is 251 g/mol. The maximum atomic E-state index is 11.7. The molecule has 1 unspecified atom stereocenters. The van der Waals surface area contributed by atoms with Crippen LogP contribution in [0.1, 0.15) is 25.7 Å². The summed E-state index contributed by atoms with van der Waals surface area (Å²) in [5, 5.41) is 0.316. The summed E-state index contributed by atoms with van der Waals surface area (Å²) in [4.78, 5) is 17.9. The van der Waals surface area contributed by atoms with Gasteiger partial charge in [-0.05, 0) is 24.7 Å². The first-order valence-corrected chi connectivity index (χ1v) is 6.59. The first kappa shape index (κ1) is 9.95. The molecule has 0 amide bonds. The standard InChI is InChI=1S/C12H14ClN3O/c13-9-4-10-15(11(17)14-9)6-8-5-12(2-1-3-12)7-16(8)10/h4,8H,1-3,5-7H2. The van der Waals surface area contributed by atoms with Gasteiger partial charge in [0.1, 0.15) is 11.0 Å². The summed E-state index contributed by atoms with van der Waals surface area (Å²) in [6.07, 6.45) is 5.29. The molecule has 1 aromatic heterocycles. The van der Waals surface area contributed by atoms with Gasteiger partial charge in [-0.15, -0.1) is 0 Å². The summed E-state index contributed by atoms with van der Waals surface area (Å²) in [6, 6.07) is 2.32. The van der Waals surface area contributed by atoms with Crippen molar-refractivity contribution < 1.29 is 0 Å². The number of nitrogens with zero attached hydrogens (tertiary/aromatic N) is 3. The van der Waals surface area contributed by atoms with E-state index >= 15 is 0 Å². The molecule has 2 fully saturated rings. The van der Waals surface area contributed by atoms with Crippen molar-refractivity contribution in [2.24, 2.45) is 5.41 Å². The molecule has 0 bridgehead atoms. The first-order valence-electron chi connectivity index (χ1n) is 6.21. The van der Waals surface area contributed by atoms with E-state index in [-0.39, 0.29) is 5.69 Å². The van der Waals surface area contributed by atoms with Crippen molar-refractivity contribution in [2.45, 2.75) is 38.3 Å². The average molecular weight is 252 g/mol. The van der Waals surface area contributed by atoms with E-state index < -0.39 is 0 Å². The summed E-state index contributed by atoms with van der Waals surface area (Å²) >= 11 is 5.89. The molecule has 3 aliphatic rings. The lowest BCUT2D eigenvalue weighted by atomic mass is 9.67. The minimum absolute atomic E-state index is 0.204. The Kier molecular flexibility index (Phi) is 1.78. The maximum absolute atomic E-state index is 11.7. The van der Waals surface area contributed by atoms with Crippen molar-refractivity contribution in [1.29, 1.82) is 0 Å². The Morgan fingerprint density at radius 2 is 2.29 bits per heavy atom. The number of hydrogen-bond acceptors (Lipinski definition) is 3. The molecule has 0 radical (unpaired) electrons. The van der Waals surface area contributed by atoms with E-state index in [0.717, 1.165) is 18.9 Å². The van der Waals surface area contributed by atoms with Crippen LogP contribution in [0.15, 0.2) is 10.9 Å². The molecule has 3 heterocycles. The molecular formula is C12H14ClN3O. The largest absolute Gasteiger partial charge is 0.352 e. The smallest absolute Gasteiger partial charge is 0.350 e. The molecule has 1 aliphatic carbocycles. The van der Waals surface area contributed by atoms with Crippen LogP contribution in [-0.4, -0.2) is 22.1 Å². The third-order valence-electron chi connectivity index (χ3n) is 4.68. The minimum atomic E-state index is -0.204. The SMILES string of the molecule is O=c1nc(Cl)cc2n1CC1CC3(CCC3)CN21. The lowest BCUT2D eigenvalue weighted by Gasteiger charge is -2.38. The molecule has 0 aromatic carbocycles. The van der Waals surface area contributed by atoms with Gasteiger partial charge in [0.15, 0.2) is 0 Å². The highest BCUT2D eigenvalue weighted by Gasteiger charge is 2.50. The number of rotatable bonds is 0. The summed E-state index contributed by atoms with van der Waals surface area (Å²) in [6.45, 7) is 1.89. The third-order valence-corrected chi connectivity index (χ3v) is 4.87. The van der Waals surface area contributed by atoms with Crippen LogP contribution in [0, 0.1) is 5.41 Å². The Morgan fingerprint density at radius 3 is 3.00 bits per heavy atom. The Hall–Kier alpha value is -1.03. The lowest BCUT2D eigenvalue weighted by Crippen LogP contribution is -2.34. The van der Waals surface area contributed by atoms with Crippen molar-refractivity contribution in [3.8, 4) is 0 Å². The quantitative estimate of drug-likeness (QED) is 0.659. The Morgan fingerprint density at radius 1 is 1.47 bits per heavy atom. The highest BCUT2D eigenvalue weighted by Crippen LogP contribution is 2.52. The van der Waals surface area contributed by atoms with Gasteiger partial charge in [0, 0.05) is 25.2 Å². The van der Waals surface area contributed by atoms with Crippen molar-refractivity contribution in [2.75, 3.05) is 11.4 Å². The van der Waals surface area contributed by atoms with Crippen molar-refractivity contribution in [1.82, 2.24) is 9.55 Å². The zero-order valence-corrected chi connectivity index (χ0v) is 10.3. The van der Waals surface area contributed by atoms with Crippen LogP contribution in [0.25, 0.3) is 0 Å². The molecule has 1 aromatic rings. The van der Waals surface area contributed by atoms with Gasteiger partial charge < -0.3 is 4.90 Å². The minimum Gasteiger partial charge on any atom is -0.352 e. The topological polar surface area (TPSA) is 38.1 Å². The average Bonchev–Trinajstić information content (AvgIpc) is 2.72. The van der Waals surface area contributed by atoms with Gasteiger partial charge in [0.2, 0.25) is 0 Å². The summed E-state index contributed by atoms with van der Waals surface area (Å²) < 4.78 is 1.77. The highest BCUT2D eigenvalue weighted by atomic mass is 35.5. The molecule has 1 spiro atoms. The van der Waals surface area contributed by atoms with Crippen LogP contribution in [0.4, 0.5) is 5.82 Å².